The molecule has 0 aliphatic carbocycles. The number of hydrogen-bond donors (Lipinski definition) is 2. The van der Waals surface area contributed by atoms with Crippen LogP contribution in [0.2, 0.25) is 10.0 Å². The lowest BCUT2D eigenvalue weighted by molar-refractivity contribution is -0.143. The Bertz CT molecular complexity index is 655. The van der Waals surface area contributed by atoms with E-state index in [0.717, 1.165) is 11.1 Å². The van der Waals surface area contributed by atoms with Crippen LogP contribution in [0.4, 0.5) is 5.69 Å². The largest absolute Gasteiger partial charge is 0.468 e. The maximum atomic E-state index is 12.0. The first-order valence-corrected chi connectivity index (χ1v) is 7.85. The monoisotopic (exact) mass is 352 g/mol. The molecule has 0 aromatic heterocycles. The van der Waals surface area contributed by atoms with Crippen molar-refractivity contribution in [1.29, 1.82) is 0 Å². The Hall–Kier alpha value is -1.75. The van der Waals surface area contributed by atoms with Crippen molar-refractivity contribution in [2.45, 2.75) is 19.0 Å². The standard InChI is InChI=1S/C17H18Cl2N2O2/c1-23-17(22)16(9-11-5-7-12(20)8-6-11)21-10-13-14(18)3-2-4-15(13)19/h2-8,16,21H,9-10,20H2,1H3. The van der Waals surface area contributed by atoms with E-state index < -0.39 is 6.04 Å². The van der Waals surface area contributed by atoms with Crippen LogP contribution in [0, 0.1) is 0 Å². The summed E-state index contributed by atoms with van der Waals surface area (Å²) in [5.41, 5.74) is 8.09. The van der Waals surface area contributed by atoms with Gasteiger partial charge in [0.2, 0.25) is 0 Å². The third kappa shape index (κ3) is 4.86. The summed E-state index contributed by atoms with van der Waals surface area (Å²) in [6, 6.07) is 12.2. The van der Waals surface area contributed by atoms with Crippen LogP contribution in [-0.2, 0) is 22.5 Å². The van der Waals surface area contributed by atoms with Gasteiger partial charge >= 0.3 is 5.97 Å². The number of carbonyl (C=O) groups is 1. The molecule has 2 aromatic rings. The van der Waals surface area contributed by atoms with Gasteiger partial charge in [0.1, 0.15) is 6.04 Å². The molecule has 0 aliphatic heterocycles. The fraction of sp³-hybridized carbons (Fsp3) is 0.235. The Labute approximate surface area is 145 Å². The summed E-state index contributed by atoms with van der Waals surface area (Å²) in [5, 5.41) is 4.27. The minimum Gasteiger partial charge on any atom is -0.468 e. The van der Waals surface area contributed by atoms with E-state index in [1.165, 1.54) is 7.11 Å². The summed E-state index contributed by atoms with van der Waals surface area (Å²) in [5.74, 6) is -0.343. The fourth-order valence-corrected chi connectivity index (χ4v) is 2.73. The van der Waals surface area contributed by atoms with Gasteiger partial charge in [-0.15, -0.1) is 0 Å². The molecule has 0 bridgehead atoms. The second kappa shape index (κ2) is 8.20. The minimum absolute atomic E-state index is 0.343. The van der Waals surface area contributed by atoms with Crippen LogP contribution in [0.25, 0.3) is 0 Å². The molecule has 4 nitrogen and oxygen atoms in total. The number of rotatable bonds is 6. The highest BCUT2D eigenvalue weighted by molar-refractivity contribution is 6.35. The molecule has 0 saturated carbocycles. The fourth-order valence-electron chi connectivity index (χ4n) is 2.20. The molecule has 122 valence electrons. The highest BCUT2D eigenvalue weighted by Crippen LogP contribution is 2.24. The maximum Gasteiger partial charge on any atom is 0.323 e. The van der Waals surface area contributed by atoms with Crippen molar-refractivity contribution in [3.05, 3.63) is 63.6 Å². The SMILES string of the molecule is COC(=O)C(Cc1ccc(N)cc1)NCc1c(Cl)cccc1Cl. The molecule has 0 fully saturated rings. The van der Waals surface area contributed by atoms with Gasteiger partial charge < -0.3 is 10.5 Å². The summed E-state index contributed by atoms with van der Waals surface area (Å²) in [6.45, 7) is 0.368. The molecule has 1 unspecified atom stereocenters. The summed E-state index contributed by atoms with van der Waals surface area (Å²) < 4.78 is 4.87. The molecule has 0 aliphatic rings. The lowest BCUT2D eigenvalue weighted by atomic mass is 10.1. The molecule has 2 aromatic carbocycles. The molecule has 1 atom stereocenters. The molecule has 23 heavy (non-hydrogen) atoms. The lowest BCUT2D eigenvalue weighted by Crippen LogP contribution is -2.39. The molecule has 3 N–H and O–H groups in total. The maximum absolute atomic E-state index is 12.0. The first-order valence-electron chi connectivity index (χ1n) is 7.09. The van der Waals surface area contributed by atoms with E-state index >= 15 is 0 Å². The molecule has 6 heteroatoms. The van der Waals surface area contributed by atoms with E-state index in [4.69, 9.17) is 33.7 Å². The summed E-state index contributed by atoms with van der Waals surface area (Å²) >= 11 is 12.3. The third-order valence-corrected chi connectivity index (χ3v) is 4.20. The third-order valence-electron chi connectivity index (χ3n) is 3.49. The molecule has 0 saturated heterocycles. The molecule has 0 radical (unpaired) electrons. The van der Waals surface area contributed by atoms with Gasteiger partial charge in [0.25, 0.3) is 0 Å². The zero-order chi connectivity index (χ0) is 16.8. The number of methoxy groups -OCH3 is 1. The van der Waals surface area contributed by atoms with Crippen molar-refractivity contribution in [3.8, 4) is 0 Å². The number of anilines is 1. The van der Waals surface area contributed by atoms with Gasteiger partial charge in [0.15, 0.2) is 0 Å². The number of halogens is 2. The van der Waals surface area contributed by atoms with Gasteiger partial charge in [-0.2, -0.15) is 0 Å². The Morgan fingerprint density at radius 3 is 2.35 bits per heavy atom. The number of nitrogens with two attached hydrogens (primary N) is 1. The topological polar surface area (TPSA) is 64.3 Å². The van der Waals surface area contributed by atoms with Crippen molar-refractivity contribution in [1.82, 2.24) is 5.32 Å². The predicted octanol–water partition coefficient (Wildman–Crippen LogP) is 3.45. The van der Waals surface area contributed by atoms with E-state index in [-0.39, 0.29) is 5.97 Å². The van der Waals surface area contributed by atoms with Crippen LogP contribution in [0.5, 0.6) is 0 Å². The normalized spacial score (nSPS) is 12.0. The smallest absolute Gasteiger partial charge is 0.323 e. The van der Waals surface area contributed by atoms with Gasteiger partial charge in [-0.1, -0.05) is 41.4 Å². The van der Waals surface area contributed by atoms with Crippen LogP contribution in [0.15, 0.2) is 42.5 Å². The summed E-state index contributed by atoms with van der Waals surface area (Å²) in [7, 11) is 1.36. The Morgan fingerprint density at radius 2 is 1.78 bits per heavy atom. The van der Waals surface area contributed by atoms with E-state index in [2.05, 4.69) is 5.32 Å². The van der Waals surface area contributed by atoms with Crippen molar-refractivity contribution in [2.75, 3.05) is 12.8 Å². The van der Waals surface area contributed by atoms with Crippen molar-refractivity contribution in [3.63, 3.8) is 0 Å². The van der Waals surface area contributed by atoms with E-state index in [0.29, 0.717) is 28.7 Å². The van der Waals surface area contributed by atoms with Crippen LogP contribution in [0.1, 0.15) is 11.1 Å². The van der Waals surface area contributed by atoms with E-state index in [1.807, 2.05) is 12.1 Å². The van der Waals surface area contributed by atoms with Crippen molar-refractivity contribution < 1.29 is 9.53 Å². The molecule has 0 amide bonds. The highest BCUT2D eigenvalue weighted by atomic mass is 35.5. The number of nitrogens with one attached hydrogen (secondary N) is 1. The number of hydrogen-bond acceptors (Lipinski definition) is 4. The average molecular weight is 353 g/mol. The van der Waals surface area contributed by atoms with Crippen LogP contribution in [-0.4, -0.2) is 19.1 Å². The molecular weight excluding hydrogens is 335 g/mol. The number of nitrogen functional groups attached to an aromatic ring is 1. The second-order valence-electron chi connectivity index (χ2n) is 5.10. The second-order valence-corrected chi connectivity index (χ2v) is 5.92. The zero-order valence-corrected chi connectivity index (χ0v) is 14.2. The van der Waals surface area contributed by atoms with Gasteiger partial charge in [0, 0.05) is 27.8 Å². The van der Waals surface area contributed by atoms with Crippen LogP contribution >= 0.6 is 23.2 Å². The Kier molecular flexibility index (Phi) is 6.28. The van der Waals surface area contributed by atoms with Crippen LogP contribution in [0.3, 0.4) is 0 Å². The quantitative estimate of drug-likeness (QED) is 0.617. The molecule has 0 heterocycles. The van der Waals surface area contributed by atoms with Crippen molar-refractivity contribution in [2.24, 2.45) is 0 Å². The molecule has 2 rings (SSSR count). The van der Waals surface area contributed by atoms with E-state index in [1.54, 1.807) is 30.3 Å². The van der Waals surface area contributed by atoms with E-state index in [9.17, 15) is 4.79 Å². The Morgan fingerprint density at radius 1 is 1.17 bits per heavy atom. The number of esters is 1. The average Bonchev–Trinajstić information content (AvgIpc) is 2.54. The number of benzene rings is 2. The van der Waals surface area contributed by atoms with Crippen LogP contribution < -0.4 is 11.1 Å². The molecular formula is C17H18Cl2N2O2. The zero-order valence-electron chi connectivity index (χ0n) is 12.7. The first kappa shape index (κ1) is 17.6. The number of ether oxygens (including phenoxy) is 1. The summed E-state index contributed by atoms with van der Waals surface area (Å²) in [6.07, 6.45) is 0.481. The minimum atomic E-state index is -0.504. The summed E-state index contributed by atoms with van der Waals surface area (Å²) in [4.78, 5) is 12.0. The number of carbonyl (C=O) groups excluding carboxylic acids is 1. The molecule has 0 spiro atoms. The van der Waals surface area contributed by atoms with Gasteiger partial charge in [-0.05, 0) is 36.2 Å². The lowest BCUT2D eigenvalue weighted by Gasteiger charge is -2.18. The Balaban J connectivity index is 2.10. The van der Waals surface area contributed by atoms with Crippen molar-refractivity contribution >= 4 is 34.9 Å². The van der Waals surface area contributed by atoms with Gasteiger partial charge in [0.05, 0.1) is 7.11 Å². The first-order chi connectivity index (χ1) is 11.0. The van der Waals surface area contributed by atoms with Gasteiger partial charge in [-0.25, -0.2) is 0 Å². The predicted molar refractivity (Wildman–Crippen MR) is 93.7 cm³/mol. The highest BCUT2D eigenvalue weighted by Gasteiger charge is 2.20. The van der Waals surface area contributed by atoms with Gasteiger partial charge in [-0.3, -0.25) is 10.1 Å².